The predicted octanol–water partition coefficient (Wildman–Crippen LogP) is 2.68. The van der Waals surface area contributed by atoms with Gasteiger partial charge in [-0.25, -0.2) is 12.7 Å². The highest BCUT2D eigenvalue weighted by atomic mass is 127. The Kier molecular flexibility index (Phi) is 10.0. The van der Waals surface area contributed by atoms with Crippen molar-refractivity contribution in [2.45, 2.75) is 33.2 Å². The van der Waals surface area contributed by atoms with Crippen LogP contribution in [0.2, 0.25) is 0 Å². The molecule has 0 atom stereocenters. The van der Waals surface area contributed by atoms with Gasteiger partial charge in [0.1, 0.15) is 0 Å². The van der Waals surface area contributed by atoms with Gasteiger partial charge in [0.2, 0.25) is 10.0 Å². The van der Waals surface area contributed by atoms with E-state index in [9.17, 15) is 8.42 Å². The van der Waals surface area contributed by atoms with Crippen LogP contribution >= 0.6 is 24.0 Å². The smallest absolute Gasteiger partial charge is 0.211 e. The third-order valence-corrected chi connectivity index (χ3v) is 6.21. The molecule has 8 heteroatoms. The normalized spacial score (nSPS) is 16.7. The number of piperidine rings is 1. The van der Waals surface area contributed by atoms with Crippen LogP contribution in [-0.2, 0) is 16.6 Å². The molecule has 1 aromatic rings. The zero-order valence-electron chi connectivity index (χ0n) is 16.8. The molecule has 1 aliphatic rings. The molecule has 0 bridgehead atoms. The highest BCUT2D eigenvalue weighted by Crippen LogP contribution is 2.19. The van der Waals surface area contributed by atoms with Gasteiger partial charge in [-0.3, -0.25) is 4.99 Å². The van der Waals surface area contributed by atoms with E-state index in [1.54, 1.807) is 4.31 Å². The van der Waals surface area contributed by atoms with E-state index >= 15 is 0 Å². The molecule has 2 rings (SSSR count). The van der Waals surface area contributed by atoms with Crippen molar-refractivity contribution in [3.05, 3.63) is 35.4 Å². The molecule has 0 amide bonds. The van der Waals surface area contributed by atoms with Crippen molar-refractivity contribution in [3.8, 4) is 0 Å². The first-order valence-corrected chi connectivity index (χ1v) is 11.1. The van der Waals surface area contributed by atoms with Crippen LogP contribution in [0.25, 0.3) is 0 Å². The van der Waals surface area contributed by atoms with Gasteiger partial charge in [0.25, 0.3) is 0 Å². The summed E-state index contributed by atoms with van der Waals surface area (Å²) in [6.07, 6.45) is 3.03. The first-order chi connectivity index (χ1) is 12.3. The van der Waals surface area contributed by atoms with E-state index in [0.29, 0.717) is 19.0 Å². The Bertz CT molecular complexity index is 716. The number of nitrogens with one attached hydrogen (secondary N) is 1. The van der Waals surface area contributed by atoms with Crippen LogP contribution in [0, 0.1) is 12.8 Å². The molecule has 1 aromatic carbocycles. The standard InChI is InChI=1S/C19H32N4O2S.HI/c1-5-20-19(22(3)15-18-9-7-6-8-16(18)2)21-14-17-10-12-23(13-11-17)26(4,24)25;/h6-9,17H,5,10-15H2,1-4H3,(H,20,21);1H. The van der Waals surface area contributed by atoms with E-state index < -0.39 is 10.0 Å². The maximum Gasteiger partial charge on any atom is 0.211 e. The summed E-state index contributed by atoms with van der Waals surface area (Å²) >= 11 is 0. The van der Waals surface area contributed by atoms with Crippen LogP contribution in [0.4, 0.5) is 0 Å². The fraction of sp³-hybridized carbons (Fsp3) is 0.632. The molecule has 6 nitrogen and oxygen atoms in total. The fourth-order valence-electron chi connectivity index (χ4n) is 3.23. The van der Waals surface area contributed by atoms with Crippen LogP contribution in [0.15, 0.2) is 29.3 Å². The van der Waals surface area contributed by atoms with Crippen molar-refractivity contribution in [1.82, 2.24) is 14.5 Å². The van der Waals surface area contributed by atoms with E-state index in [0.717, 1.165) is 38.4 Å². The highest BCUT2D eigenvalue weighted by Gasteiger charge is 2.24. The maximum absolute atomic E-state index is 11.6. The molecule has 1 aliphatic heterocycles. The number of halogens is 1. The second-order valence-electron chi connectivity index (χ2n) is 7.08. The highest BCUT2D eigenvalue weighted by molar-refractivity contribution is 14.0. The summed E-state index contributed by atoms with van der Waals surface area (Å²) < 4.78 is 24.8. The minimum atomic E-state index is -3.06. The Balaban J connectivity index is 0.00000364. The molecule has 1 fully saturated rings. The lowest BCUT2D eigenvalue weighted by Gasteiger charge is -2.30. The van der Waals surface area contributed by atoms with Crippen LogP contribution in [0.5, 0.6) is 0 Å². The van der Waals surface area contributed by atoms with Gasteiger partial charge in [0.05, 0.1) is 6.26 Å². The number of hydrogen-bond acceptors (Lipinski definition) is 3. The SMILES string of the molecule is CCNC(=NCC1CCN(S(C)(=O)=O)CC1)N(C)Cc1ccccc1C.I. The van der Waals surface area contributed by atoms with Gasteiger partial charge >= 0.3 is 0 Å². The van der Waals surface area contributed by atoms with Gasteiger partial charge in [0, 0.05) is 39.8 Å². The Morgan fingerprint density at radius 1 is 1.30 bits per heavy atom. The van der Waals surface area contributed by atoms with E-state index in [1.165, 1.54) is 17.4 Å². The number of rotatable bonds is 6. The Labute approximate surface area is 181 Å². The van der Waals surface area contributed by atoms with E-state index in [2.05, 4.69) is 55.4 Å². The summed E-state index contributed by atoms with van der Waals surface area (Å²) in [7, 11) is -1.01. The maximum atomic E-state index is 11.6. The third kappa shape index (κ3) is 7.57. The predicted molar refractivity (Wildman–Crippen MR) is 123 cm³/mol. The molecule has 0 unspecified atom stereocenters. The zero-order chi connectivity index (χ0) is 19.2. The minimum Gasteiger partial charge on any atom is -0.357 e. The molecule has 0 spiro atoms. The third-order valence-electron chi connectivity index (χ3n) is 4.91. The number of benzene rings is 1. The minimum absolute atomic E-state index is 0. The second-order valence-corrected chi connectivity index (χ2v) is 9.07. The van der Waals surface area contributed by atoms with Gasteiger partial charge in [-0.2, -0.15) is 0 Å². The molecule has 0 aliphatic carbocycles. The number of sulfonamides is 1. The first kappa shape index (κ1) is 24.2. The lowest BCUT2D eigenvalue weighted by atomic mass is 9.98. The molecule has 1 heterocycles. The molecular weight excluding hydrogens is 475 g/mol. The average molecular weight is 508 g/mol. The van der Waals surface area contributed by atoms with Crippen molar-refractivity contribution in [3.63, 3.8) is 0 Å². The topological polar surface area (TPSA) is 65.0 Å². The van der Waals surface area contributed by atoms with Gasteiger partial charge in [-0.05, 0) is 43.7 Å². The number of aryl methyl sites for hydroxylation is 1. The molecule has 1 N–H and O–H groups in total. The molecule has 1 saturated heterocycles. The van der Waals surface area contributed by atoms with Crippen molar-refractivity contribution in [2.75, 3.05) is 39.5 Å². The fourth-order valence-corrected chi connectivity index (χ4v) is 4.10. The summed E-state index contributed by atoms with van der Waals surface area (Å²) in [6, 6.07) is 8.40. The second kappa shape index (κ2) is 11.2. The average Bonchev–Trinajstić information content (AvgIpc) is 2.60. The quantitative estimate of drug-likeness (QED) is 0.365. The van der Waals surface area contributed by atoms with Gasteiger partial charge in [0.15, 0.2) is 5.96 Å². The van der Waals surface area contributed by atoms with Crippen molar-refractivity contribution in [1.29, 1.82) is 0 Å². The van der Waals surface area contributed by atoms with Crippen LogP contribution < -0.4 is 5.32 Å². The lowest BCUT2D eigenvalue weighted by molar-refractivity contribution is 0.279. The molecular formula is C19H33IN4O2S. The Hall–Kier alpha value is -0.870. The van der Waals surface area contributed by atoms with E-state index in [-0.39, 0.29) is 24.0 Å². The molecule has 0 aromatic heterocycles. The summed E-state index contributed by atoms with van der Waals surface area (Å²) in [6.45, 7) is 7.78. The van der Waals surface area contributed by atoms with Crippen LogP contribution in [-0.4, -0.2) is 63.1 Å². The number of aliphatic imine (C=N–C) groups is 1. The van der Waals surface area contributed by atoms with Crippen molar-refractivity contribution >= 4 is 40.0 Å². The van der Waals surface area contributed by atoms with Gasteiger partial charge < -0.3 is 10.2 Å². The largest absolute Gasteiger partial charge is 0.357 e. The van der Waals surface area contributed by atoms with Gasteiger partial charge in [-0.15, -0.1) is 24.0 Å². The Morgan fingerprint density at radius 2 is 1.93 bits per heavy atom. The van der Waals surface area contributed by atoms with Gasteiger partial charge in [-0.1, -0.05) is 24.3 Å². The monoisotopic (exact) mass is 508 g/mol. The number of guanidine groups is 1. The Morgan fingerprint density at radius 3 is 2.48 bits per heavy atom. The summed E-state index contributed by atoms with van der Waals surface area (Å²) in [5.74, 6) is 1.34. The van der Waals surface area contributed by atoms with Crippen LogP contribution in [0.3, 0.4) is 0 Å². The lowest BCUT2D eigenvalue weighted by Crippen LogP contribution is -2.40. The number of nitrogens with zero attached hydrogens (tertiary/aromatic N) is 3. The summed E-state index contributed by atoms with van der Waals surface area (Å²) in [5, 5.41) is 3.36. The summed E-state index contributed by atoms with van der Waals surface area (Å²) in [4.78, 5) is 6.96. The molecule has 154 valence electrons. The zero-order valence-corrected chi connectivity index (χ0v) is 20.0. The molecule has 0 saturated carbocycles. The van der Waals surface area contributed by atoms with E-state index in [4.69, 9.17) is 4.99 Å². The molecule has 27 heavy (non-hydrogen) atoms. The van der Waals surface area contributed by atoms with Crippen molar-refractivity contribution < 1.29 is 8.42 Å². The molecule has 0 radical (unpaired) electrons. The van der Waals surface area contributed by atoms with E-state index in [1.807, 2.05) is 0 Å². The summed E-state index contributed by atoms with van der Waals surface area (Å²) in [5.41, 5.74) is 2.57. The van der Waals surface area contributed by atoms with Crippen LogP contribution in [0.1, 0.15) is 30.9 Å². The first-order valence-electron chi connectivity index (χ1n) is 9.30. The van der Waals surface area contributed by atoms with Crippen molar-refractivity contribution in [2.24, 2.45) is 10.9 Å². The number of hydrogen-bond donors (Lipinski definition) is 1.